The Morgan fingerprint density at radius 2 is 2.05 bits per heavy atom. The van der Waals surface area contributed by atoms with Gasteiger partial charge in [-0.1, -0.05) is 6.07 Å². The fraction of sp³-hybridized carbons (Fsp3) is 0.412. The molecule has 0 radical (unpaired) electrons. The highest BCUT2D eigenvalue weighted by molar-refractivity contribution is 5.43. The Bertz CT molecular complexity index is 566. The molecule has 2 N–H and O–H groups in total. The first-order chi connectivity index (χ1) is 10.6. The molecular formula is C17H23NO4. The van der Waals surface area contributed by atoms with Crippen molar-refractivity contribution in [3.63, 3.8) is 0 Å². The predicted molar refractivity (Wildman–Crippen MR) is 84.1 cm³/mol. The van der Waals surface area contributed by atoms with Crippen LogP contribution in [0.2, 0.25) is 0 Å². The first kappa shape index (κ1) is 16.4. The van der Waals surface area contributed by atoms with Gasteiger partial charge in [0.05, 0.1) is 19.5 Å². The molecule has 5 nitrogen and oxygen atoms in total. The van der Waals surface area contributed by atoms with Gasteiger partial charge in [0.1, 0.15) is 11.9 Å². The molecule has 0 saturated carbocycles. The van der Waals surface area contributed by atoms with E-state index >= 15 is 0 Å². The number of rotatable bonds is 8. The molecule has 0 saturated heterocycles. The molecule has 2 aromatic rings. The first-order valence-corrected chi connectivity index (χ1v) is 7.36. The lowest BCUT2D eigenvalue weighted by molar-refractivity contribution is 0.147. The molecule has 0 bridgehead atoms. The van der Waals surface area contributed by atoms with Crippen LogP contribution in [0.25, 0.3) is 0 Å². The molecule has 22 heavy (non-hydrogen) atoms. The molecule has 0 aliphatic carbocycles. The number of furan rings is 1. The average Bonchev–Trinajstić information content (AvgIpc) is 3.02. The minimum absolute atomic E-state index is 0.0984. The number of methoxy groups -OCH3 is 1. The maximum Gasteiger partial charge on any atom is 0.161 e. The number of hydrogen-bond donors (Lipinski definition) is 2. The van der Waals surface area contributed by atoms with Crippen molar-refractivity contribution in [3.05, 3.63) is 47.9 Å². The minimum atomic E-state index is -0.652. The Kier molecular flexibility index (Phi) is 5.86. The summed E-state index contributed by atoms with van der Waals surface area (Å²) >= 11 is 0. The van der Waals surface area contributed by atoms with E-state index in [1.165, 1.54) is 0 Å². The van der Waals surface area contributed by atoms with E-state index in [1.807, 2.05) is 32.0 Å². The van der Waals surface area contributed by atoms with Crippen LogP contribution >= 0.6 is 0 Å². The Morgan fingerprint density at radius 3 is 2.68 bits per heavy atom. The van der Waals surface area contributed by atoms with Gasteiger partial charge in [0.2, 0.25) is 0 Å². The SMILES string of the molecule is COc1cc(CNCC(O)c2ccco2)ccc1OC(C)C. The number of nitrogens with one attached hydrogen (secondary N) is 1. The molecule has 1 aromatic carbocycles. The van der Waals surface area contributed by atoms with Crippen molar-refractivity contribution >= 4 is 0 Å². The molecule has 120 valence electrons. The summed E-state index contributed by atoms with van der Waals surface area (Å²) in [4.78, 5) is 0. The van der Waals surface area contributed by atoms with Crippen LogP contribution < -0.4 is 14.8 Å². The van der Waals surface area contributed by atoms with E-state index < -0.39 is 6.10 Å². The van der Waals surface area contributed by atoms with E-state index in [9.17, 15) is 5.11 Å². The van der Waals surface area contributed by atoms with Crippen molar-refractivity contribution in [3.8, 4) is 11.5 Å². The van der Waals surface area contributed by atoms with Crippen molar-refractivity contribution in [1.82, 2.24) is 5.32 Å². The molecular weight excluding hydrogens is 282 g/mol. The molecule has 2 rings (SSSR count). The maximum atomic E-state index is 9.93. The van der Waals surface area contributed by atoms with Crippen LogP contribution in [0.3, 0.4) is 0 Å². The van der Waals surface area contributed by atoms with E-state index in [4.69, 9.17) is 13.9 Å². The van der Waals surface area contributed by atoms with Gasteiger partial charge < -0.3 is 24.3 Å². The second kappa shape index (κ2) is 7.87. The first-order valence-electron chi connectivity index (χ1n) is 7.36. The molecule has 1 aromatic heterocycles. The van der Waals surface area contributed by atoms with E-state index in [-0.39, 0.29) is 6.10 Å². The molecule has 5 heteroatoms. The van der Waals surface area contributed by atoms with Crippen molar-refractivity contribution in [2.75, 3.05) is 13.7 Å². The van der Waals surface area contributed by atoms with Gasteiger partial charge >= 0.3 is 0 Å². The fourth-order valence-corrected chi connectivity index (χ4v) is 2.11. The second-order valence-electron chi connectivity index (χ2n) is 5.31. The van der Waals surface area contributed by atoms with E-state index in [2.05, 4.69) is 5.32 Å². The van der Waals surface area contributed by atoms with E-state index in [0.29, 0.717) is 24.6 Å². The zero-order valence-corrected chi connectivity index (χ0v) is 13.2. The summed E-state index contributed by atoms with van der Waals surface area (Å²) in [5.41, 5.74) is 1.06. The number of aliphatic hydroxyl groups is 1. The number of aliphatic hydroxyl groups excluding tert-OH is 1. The molecule has 0 fully saturated rings. The standard InChI is InChI=1S/C17H23NO4/c1-12(2)22-16-7-6-13(9-17(16)20-3)10-18-11-14(19)15-5-4-8-21-15/h4-9,12,14,18-19H,10-11H2,1-3H3. The number of hydrogen-bond acceptors (Lipinski definition) is 5. The zero-order valence-electron chi connectivity index (χ0n) is 13.2. The van der Waals surface area contributed by atoms with Crippen LogP contribution in [0, 0.1) is 0 Å². The third-order valence-electron chi connectivity index (χ3n) is 3.13. The Morgan fingerprint density at radius 1 is 1.23 bits per heavy atom. The van der Waals surface area contributed by atoms with Gasteiger partial charge in [0.25, 0.3) is 0 Å². The van der Waals surface area contributed by atoms with Crippen molar-refractivity contribution in [2.45, 2.75) is 32.6 Å². The van der Waals surface area contributed by atoms with Crippen LogP contribution in [0.15, 0.2) is 41.0 Å². The average molecular weight is 305 g/mol. The van der Waals surface area contributed by atoms with Gasteiger partial charge in [0, 0.05) is 13.1 Å². The Hall–Kier alpha value is -1.98. The highest BCUT2D eigenvalue weighted by Gasteiger charge is 2.11. The minimum Gasteiger partial charge on any atom is -0.493 e. The van der Waals surface area contributed by atoms with Gasteiger partial charge in [-0.25, -0.2) is 0 Å². The lowest BCUT2D eigenvalue weighted by Crippen LogP contribution is -2.20. The van der Waals surface area contributed by atoms with Crippen LogP contribution in [-0.2, 0) is 6.54 Å². The van der Waals surface area contributed by atoms with Gasteiger partial charge in [0.15, 0.2) is 11.5 Å². The fourth-order valence-electron chi connectivity index (χ4n) is 2.11. The molecule has 1 atom stereocenters. The molecule has 0 amide bonds. The summed E-state index contributed by atoms with van der Waals surface area (Å²) in [5.74, 6) is 2.00. The van der Waals surface area contributed by atoms with E-state index in [1.54, 1.807) is 25.5 Å². The van der Waals surface area contributed by atoms with Gasteiger partial charge in [-0.05, 0) is 43.7 Å². The summed E-state index contributed by atoms with van der Waals surface area (Å²) in [5, 5.41) is 13.1. The summed E-state index contributed by atoms with van der Waals surface area (Å²) in [6, 6.07) is 9.33. The van der Waals surface area contributed by atoms with Crippen LogP contribution in [0.4, 0.5) is 0 Å². The normalized spacial score (nSPS) is 12.4. The van der Waals surface area contributed by atoms with Gasteiger partial charge in [-0.3, -0.25) is 0 Å². The third-order valence-corrected chi connectivity index (χ3v) is 3.13. The maximum absolute atomic E-state index is 9.93. The summed E-state index contributed by atoms with van der Waals surface area (Å²) < 4.78 is 16.2. The molecule has 1 unspecified atom stereocenters. The largest absolute Gasteiger partial charge is 0.493 e. The van der Waals surface area contributed by atoms with Crippen LogP contribution in [0.5, 0.6) is 11.5 Å². The summed E-state index contributed by atoms with van der Waals surface area (Å²) in [7, 11) is 1.63. The quantitative estimate of drug-likeness (QED) is 0.785. The van der Waals surface area contributed by atoms with Gasteiger partial charge in [-0.15, -0.1) is 0 Å². The monoisotopic (exact) mass is 305 g/mol. The van der Waals surface area contributed by atoms with Crippen molar-refractivity contribution < 1.29 is 19.0 Å². The van der Waals surface area contributed by atoms with Crippen LogP contribution in [-0.4, -0.2) is 24.9 Å². The number of ether oxygens (including phenoxy) is 2. The summed E-state index contributed by atoms with van der Waals surface area (Å²) in [6.45, 7) is 4.99. The molecule has 0 spiro atoms. The molecule has 0 aliphatic rings. The smallest absolute Gasteiger partial charge is 0.161 e. The molecule has 0 aliphatic heterocycles. The Labute approximate surface area is 130 Å². The predicted octanol–water partition coefficient (Wildman–Crippen LogP) is 2.90. The highest BCUT2D eigenvalue weighted by Crippen LogP contribution is 2.29. The number of benzene rings is 1. The van der Waals surface area contributed by atoms with Crippen molar-refractivity contribution in [2.24, 2.45) is 0 Å². The zero-order chi connectivity index (χ0) is 15.9. The summed E-state index contributed by atoms with van der Waals surface area (Å²) in [6.07, 6.45) is 0.999. The van der Waals surface area contributed by atoms with Gasteiger partial charge in [-0.2, -0.15) is 0 Å². The Balaban J connectivity index is 1.90. The topological polar surface area (TPSA) is 63.9 Å². The molecule has 1 heterocycles. The van der Waals surface area contributed by atoms with E-state index in [0.717, 1.165) is 11.3 Å². The van der Waals surface area contributed by atoms with Crippen molar-refractivity contribution in [1.29, 1.82) is 0 Å². The second-order valence-corrected chi connectivity index (χ2v) is 5.31. The lowest BCUT2D eigenvalue weighted by Gasteiger charge is -2.15. The lowest BCUT2D eigenvalue weighted by atomic mass is 10.2. The highest BCUT2D eigenvalue weighted by atomic mass is 16.5. The van der Waals surface area contributed by atoms with Crippen LogP contribution in [0.1, 0.15) is 31.3 Å². The third kappa shape index (κ3) is 4.51.